The standard InChI is InChI=1S/C28H36FN7O3/c29-23-12-10-21(11-13-23)20-32-27-34-26(35-28(36-27)33-24-8-4-5-9-24)31-15-17-39-19-18-38-16-14-30-25(37)22-6-2-1-3-7-22/h1-3,6-7,10-13,24H,4-5,8-9,14-20H2,(H,30,37)(H3,31,32,33,34,35,36). The van der Waals surface area contributed by atoms with E-state index in [9.17, 15) is 9.18 Å². The summed E-state index contributed by atoms with van der Waals surface area (Å²) < 4.78 is 24.3. The van der Waals surface area contributed by atoms with Crippen LogP contribution in [-0.4, -0.2) is 66.4 Å². The average molecular weight is 538 g/mol. The monoisotopic (exact) mass is 537 g/mol. The van der Waals surface area contributed by atoms with Crippen LogP contribution in [0.5, 0.6) is 0 Å². The van der Waals surface area contributed by atoms with Crippen molar-refractivity contribution in [2.75, 3.05) is 55.5 Å². The van der Waals surface area contributed by atoms with Gasteiger partial charge in [-0.05, 0) is 42.7 Å². The summed E-state index contributed by atoms with van der Waals surface area (Å²) in [6, 6.07) is 15.7. The summed E-state index contributed by atoms with van der Waals surface area (Å²) in [6.45, 7) is 3.13. The maximum Gasteiger partial charge on any atom is 0.251 e. The molecule has 3 aromatic rings. The number of ether oxygens (including phenoxy) is 2. The van der Waals surface area contributed by atoms with E-state index in [2.05, 4.69) is 36.2 Å². The van der Waals surface area contributed by atoms with E-state index in [1.807, 2.05) is 18.2 Å². The van der Waals surface area contributed by atoms with E-state index in [1.165, 1.54) is 25.0 Å². The van der Waals surface area contributed by atoms with Gasteiger partial charge in [-0.1, -0.05) is 43.2 Å². The Morgan fingerprint density at radius 2 is 1.44 bits per heavy atom. The van der Waals surface area contributed by atoms with E-state index in [0.29, 0.717) is 75.5 Å². The van der Waals surface area contributed by atoms with Crippen molar-refractivity contribution >= 4 is 23.8 Å². The summed E-state index contributed by atoms with van der Waals surface area (Å²) >= 11 is 0. The molecule has 0 saturated heterocycles. The molecule has 2 aromatic carbocycles. The maximum absolute atomic E-state index is 13.2. The Morgan fingerprint density at radius 3 is 2.15 bits per heavy atom. The third-order valence-corrected chi connectivity index (χ3v) is 6.16. The molecule has 1 heterocycles. The summed E-state index contributed by atoms with van der Waals surface area (Å²) in [4.78, 5) is 25.5. The zero-order valence-corrected chi connectivity index (χ0v) is 22.0. The Morgan fingerprint density at radius 1 is 0.795 bits per heavy atom. The van der Waals surface area contributed by atoms with Crippen molar-refractivity contribution in [3.8, 4) is 0 Å². The third kappa shape index (κ3) is 10.1. The lowest BCUT2D eigenvalue weighted by atomic mass is 10.2. The van der Waals surface area contributed by atoms with Gasteiger partial charge in [0.2, 0.25) is 17.8 Å². The molecule has 4 N–H and O–H groups in total. The van der Waals surface area contributed by atoms with Crippen LogP contribution >= 0.6 is 0 Å². The van der Waals surface area contributed by atoms with Crippen LogP contribution in [0, 0.1) is 5.82 Å². The Bertz CT molecular complexity index is 1150. The van der Waals surface area contributed by atoms with Crippen molar-refractivity contribution in [1.82, 2.24) is 20.3 Å². The van der Waals surface area contributed by atoms with Gasteiger partial charge in [-0.15, -0.1) is 0 Å². The highest BCUT2D eigenvalue weighted by molar-refractivity contribution is 5.94. The molecule has 0 atom stereocenters. The van der Waals surface area contributed by atoms with Crippen LogP contribution in [0.25, 0.3) is 0 Å². The first-order valence-electron chi connectivity index (χ1n) is 13.4. The van der Waals surface area contributed by atoms with Gasteiger partial charge in [-0.3, -0.25) is 4.79 Å². The lowest BCUT2D eigenvalue weighted by Crippen LogP contribution is -2.27. The topological polar surface area (TPSA) is 122 Å². The molecule has 11 heteroatoms. The molecular formula is C28H36FN7O3. The molecule has 4 rings (SSSR count). The molecule has 208 valence electrons. The van der Waals surface area contributed by atoms with Crippen LogP contribution in [0.15, 0.2) is 54.6 Å². The van der Waals surface area contributed by atoms with Gasteiger partial charge >= 0.3 is 0 Å². The normalized spacial score (nSPS) is 13.3. The van der Waals surface area contributed by atoms with Gasteiger partial charge in [0.25, 0.3) is 5.91 Å². The number of hydrogen-bond acceptors (Lipinski definition) is 9. The minimum absolute atomic E-state index is 0.115. The van der Waals surface area contributed by atoms with Crippen LogP contribution in [0.1, 0.15) is 41.6 Å². The fourth-order valence-electron chi connectivity index (χ4n) is 4.12. The number of anilines is 3. The first-order valence-corrected chi connectivity index (χ1v) is 13.4. The molecule has 1 aromatic heterocycles. The summed E-state index contributed by atoms with van der Waals surface area (Å²) in [6.07, 6.45) is 4.60. The number of halogens is 1. The van der Waals surface area contributed by atoms with Gasteiger partial charge in [-0.2, -0.15) is 15.0 Å². The molecule has 0 unspecified atom stereocenters. The minimum Gasteiger partial charge on any atom is -0.377 e. The summed E-state index contributed by atoms with van der Waals surface area (Å²) in [5.41, 5.74) is 1.55. The molecule has 0 aliphatic heterocycles. The second-order valence-electron chi connectivity index (χ2n) is 9.19. The van der Waals surface area contributed by atoms with Gasteiger partial charge < -0.3 is 30.7 Å². The largest absolute Gasteiger partial charge is 0.377 e. The van der Waals surface area contributed by atoms with E-state index in [4.69, 9.17) is 9.47 Å². The van der Waals surface area contributed by atoms with E-state index < -0.39 is 0 Å². The van der Waals surface area contributed by atoms with E-state index >= 15 is 0 Å². The van der Waals surface area contributed by atoms with Gasteiger partial charge in [-0.25, -0.2) is 4.39 Å². The first kappa shape index (κ1) is 28.2. The fourth-order valence-corrected chi connectivity index (χ4v) is 4.12. The molecular weight excluding hydrogens is 501 g/mol. The van der Waals surface area contributed by atoms with Crippen LogP contribution in [0.3, 0.4) is 0 Å². The number of carbonyl (C=O) groups excluding carboxylic acids is 1. The molecule has 0 radical (unpaired) electrons. The van der Waals surface area contributed by atoms with Crippen molar-refractivity contribution in [1.29, 1.82) is 0 Å². The Balaban J connectivity index is 1.14. The molecule has 10 nitrogen and oxygen atoms in total. The van der Waals surface area contributed by atoms with E-state index in [0.717, 1.165) is 18.4 Å². The van der Waals surface area contributed by atoms with Crippen molar-refractivity contribution in [2.45, 2.75) is 38.3 Å². The fraction of sp³-hybridized carbons (Fsp3) is 0.429. The van der Waals surface area contributed by atoms with Crippen molar-refractivity contribution in [2.24, 2.45) is 0 Å². The number of nitrogens with one attached hydrogen (secondary N) is 4. The van der Waals surface area contributed by atoms with E-state index in [1.54, 1.807) is 24.3 Å². The number of benzene rings is 2. The van der Waals surface area contributed by atoms with Gasteiger partial charge in [0.1, 0.15) is 5.82 Å². The summed E-state index contributed by atoms with van der Waals surface area (Å²) in [5, 5.41) is 12.6. The zero-order valence-electron chi connectivity index (χ0n) is 22.0. The third-order valence-electron chi connectivity index (χ3n) is 6.16. The Hall–Kier alpha value is -3.83. The van der Waals surface area contributed by atoms with Crippen LogP contribution in [0.4, 0.5) is 22.2 Å². The predicted octanol–water partition coefficient (Wildman–Crippen LogP) is 3.85. The van der Waals surface area contributed by atoms with Crippen LogP contribution < -0.4 is 21.3 Å². The van der Waals surface area contributed by atoms with Crippen molar-refractivity contribution < 1.29 is 18.7 Å². The maximum atomic E-state index is 13.2. The lowest BCUT2D eigenvalue weighted by Gasteiger charge is -2.15. The van der Waals surface area contributed by atoms with Gasteiger partial charge in [0.05, 0.1) is 26.4 Å². The van der Waals surface area contributed by atoms with Gasteiger partial charge in [0.15, 0.2) is 0 Å². The molecule has 1 aliphatic carbocycles. The lowest BCUT2D eigenvalue weighted by molar-refractivity contribution is 0.0519. The van der Waals surface area contributed by atoms with E-state index in [-0.39, 0.29) is 11.7 Å². The highest BCUT2D eigenvalue weighted by Crippen LogP contribution is 2.21. The highest BCUT2D eigenvalue weighted by atomic mass is 19.1. The predicted molar refractivity (Wildman–Crippen MR) is 148 cm³/mol. The molecule has 1 amide bonds. The Kier molecular flexibility index (Phi) is 11.2. The first-order chi connectivity index (χ1) is 19.2. The van der Waals surface area contributed by atoms with Crippen molar-refractivity contribution in [3.05, 3.63) is 71.5 Å². The molecule has 1 aliphatic rings. The molecule has 0 bridgehead atoms. The number of rotatable bonds is 16. The second kappa shape index (κ2) is 15.6. The number of nitrogens with zero attached hydrogens (tertiary/aromatic N) is 3. The number of carbonyl (C=O) groups is 1. The molecule has 39 heavy (non-hydrogen) atoms. The average Bonchev–Trinajstić information content (AvgIpc) is 3.47. The Labute approximate surface area is 228 Å². The number of amides is 1. The molecule has 0 spiro atoms. The molecule has 1 saturated carbocycles. The summed E-state index contributed by atoms with van der Waals surface area (Å²) in [7, 11) is 0. The quantitative estimate of drug-likeness (QED) is 0.202. The smallest absolute Gasteiger partial charge is 0.251 e. The van der Waals surface area contributed by atoms with Crippen LogP contribution in [-0.2, 0) is 16.0 Å². The number of aromatic nitrogens is 3. The van der Waals surface area contributed by atoms with Crippen molar-refractivity contribution in [3.63, 3.8) is 0 Å². The summed E-state index contributed by atoms with van der Waals surface area (Å²) in [5.74, 6) is 1.02. The zero-order chi connectivity index (χ0) is 27.1. The van der Waals surface area contributed by atoms with Gasteiger partial charge in [0, 0.05) is 31.2 Å². The number of hydrogen-bond donors (Lipinski definition) is 4. The SMILES string of the molecule is O=C(NCCOCCOCCNc1nc(NCc2ccc(F)cc2)nc(NC2CCCC2)n1)c1ccccc1. The van der Waals surface area contributed by atoms with Crippen LogP contribution in [0.2, 0.25) is 0 Å². The second-order valence-corrected chi connectivity index (χ2v) is 9.19. The highest BCUT2D eigenvalue weighted by Gasteiger charge is 2.17. The molecule has 1 fully saturated rings. The minimum atomic E-state index is -0.269.